The van der Waals surface area contributed by atoms with Gasteiger partial charge in [-0.2, -0.15) is 4.31 Å². The molecule has 1 fully saturated rings. The predicted molar refractivity (Wildman–Crippen MR) is 74.7 cm³/mol. The van der Waals surface area contributed by atoms with Crippen LogP contribution in [0.15, 0.2) is 23.1 Å². The van der Waals surface area contributed by atoms with Crippen LogP contribution in [0.1, 0.15) is 13.8 Å². The summed E-state index contributed by atoms with van der Waals surface area (Å²) in [6.07, 6.45) is 0. The van der Waals surface area contributed by atoms with Crippen molar-refractivity contribution >= 4 is 27.3 Å². The van der Waals surface area contributed by atoms with Crippen LogP contribution < -0.4 is 5.73 Å². The van der Waals surface area contributed by atoms with Gasteiger partial charge in [0.05, 0.1) is 27.8 Å². The van der Waals surface area contributed by atoms with Crippen LogP contribution in [0.3, 0.4) is 0 Å². The zero-order valence-corrected chi connectivity index (χ0v) is 12.5. The number of halogens is 1. The molecule has 1 aromatic rings. The van der Waals surface area contributed by atoms with E-state index in [0.29, 0.717) is 25.4 Å². The third-order valence-corrected chi connectivity index (χ3v) is 5.17. The molecular weight excluding hydrogens is 288 g/mol. The van der Waals surface area contributed by atoms with Crippen LogP contribution in [0.4, 0.5) is 5.69 Å². The fourth-order valence-corrected chi connectivity index (χ4v) is 3.84. The van der Waals surface area contributed by atoms with Gasteiger partial charge in [-0.1, -0.05) is 11.6 Å². The number of hydrogen-bond donors (Lipinski definition) is 1. The Morgan fingerprint density at radius 1 is 1.42 bits per heavy atom. The van der Waals surface area contributed by atoms with Crippen LogP contribution in [0, 0.1) is 0 Å². The molecule has 2 N–H and O–H groups in total. The minimum Gasteiger partial charge on any atom is -0.398 e. The van der Waals surface area contributed by atoms with Gasteiger partial charge in [-0.3, -0.25) is 0 Å². The summed E-state index contributed by atoms with van der Waals surface area (Å²) in [5.74, 6) is 0. The lowest BCUT2D eigenvalue weighted by Crippen LogP contribution is -2.50. The Morgan fingerprint density at radius 2 is 2.11 bits per heavy atom. The van der Waals surface area contributed by atoms with E-state index in [9.17, 15) is 8.42 Å². The molecule has 5 nitrogen and oxygen atoms in total. The minimum atomic E-state index is -3.56. The molecule has 1 aliphatic rings. The maximum absolute atomic E-state index is 12.5. The van der Waals surface area contributed by atoms with Gasteiger partial charge < -0.3 is 10.5 Å². The summed E-state index contributed by atoms with van der Waals surface area (Å²) in [4.78, 5) is 0.157. The van der Waals surface area contributed by atoms with Crippen molar-refractivity contribution in [3.63, 3.8) is 0 Å². The van der Waals surface area contributed by atoms with Crippen LogP contribution in [-0.4, -0.2) is 38.0 Å². The minimum absolute atomic E-state index is 0.157. The van der Waals surface area contributed by atoms with Crippen molar-refractivity contribution in [2.45, 2.75) is 24.3 Å². The van der Waals surface area contributed by atoms with Gasteiger partial charge in [0, 0.05) is 13.1 Å². The second-order valence-corrected chi connectivity index (χ2v) is 7.48. The summed E-state index contributed by atoms with van der Waals surface area (Å²) in [5.41, 5.74) is 5.47. The van der Waals surface area contributed by atoms with Crippen LogP contribution in [0.25, 0.3) is 0 Å². The number of benzene rings is 1. The lowest BCUT2D eigenvalue weighted by Gasteiger charge is -2.37. The third kappa shape index (κ3) is 3.02. The first-order valence-corrected chi connectivity index (χ1v) is 7.73. The fourth-order valence-electron chi connectivity index (χ4n) is 2.00. The van der Waals surface area contributed by atoms with Crippen molar-refractivity contribution in [1.82, 2.24) is 4.31 Å². The Balaban J connectivity index is 2.34. The van der Waals surface area contributed by atoms with Gasteiger partial charge in [0.1, 0.15) is 0 Å². The van der Waals surface area contributed by atoms with Gasteiger partial charge in [0.2, 0.25) is 10.0 Å². The second-order valence-electron chi connectivity index (χ2n) is 5.13. The maximum Gasteiger partial charge on any atom is 0.243 e. The van der Waals surface area contributed by atoms with E-state index in [1.165, 1.54) is 22.5 Å². The van der Waals surface area contributed by atoms with E-state index in [0.717, 1.165) is 0 Å². The number of sulfonamides is 1. The smallest absolute Gasteiger partial charge is 0.243 e. The van der Waals surface area contributed by atoms with Crippen molar-refractivity contribution in [1.29, 1.82) is 0 Å². The van der Waals surface area contributed by atoms with Crippen LogP contribution in [0.5, 0.6) is 0 Å². The number of hydrogen-bond acceptors (Lipinski definition) is 4. The highest BCUT2D eigenvalue weighted by Gasteiger charge is 2.34. The zero-order valence-electron chi connectivity index (χ0n) is 10.9. The van der Waals surface area contributed by atoms with Crippen LogP contribution in [0.2, 0.25) is 5.02 Å². The van der Waals surface area contributed by atoms with Gasteiger partial charge in [0.25, 0.3) is 0 Å². The molecule has 0 atom stereocenters. The van der Waals surface area contributed by atoms with E-state index in [4.69, 9.17) is 22.1 Å². The Hall–Kier alpha value is -0.820. The van der Waals surface area contributed by atoms with Crippen LogP contribution in [-0.2, 0) is 14.8 Å². The third-order valence-electron chi connectivity index (χ3n) is 3.00. The number of morpholine rings is 1. The Kier molecular flexibility index (Phi) is 3.79. The summed E-state index contributed by atoms with van der Waals surface area (Å²) in [6, 6.07) is 4.36. The van der Waals surface area contributed by atoms with Gasteiger partial charge in [-0.25, -0.2) is 8.42 Å². The Labute approximate surface area is 118 Å². The molecular formula is C12H17ClN2O3S. The van der Waals surface area contributed by atoms with Gasteiger partial charge in [-0.05, 0) is 32.0 Å². The number of rotatable bonds is 2. The van der Waals surface area contributed by atoms with E-state index in [2.05, 4.69) is 0 Å². The highest BCUT2D eigenvalue weighted by molar-refractivity contribution is 7.89. The van der Waals surface area contributed by atoms with Crippen molar-refractivity contribution < 1.29 is 13.2 Å². The maximum atomic E-state index is 12.5. The summed E-state index contributed by atoms with van der Waals surface area (Å²) >= 11 is 5.88. The molecule has 0 unspecified atom stereocenters. The molecule has 0 spiro atoms. The highest BCUT2D eigenvalue weighted by Crippen LogP contribution is 2.27. The monoisotopic (exact) mass is 304 g/mol. The molecule has 1 saturated heterocycles. The summed E-state index contributed by atoms with van der Waals surface area (Å²) in [6.45, 7) is 4.77. The van der Waals surface area contributed by atoms with Gasteiger partial charge in [0.15, 0.2) is 0 Å². The van der Waals surface area contributed by atoms with Gasteiger partial charge in [-0.15, -0.1) is 0 Å². The average Bonchev–Trinajstić information content (AvgIpc) is 2.31. The lowest BCUT2D eigenvalue weighted by atomic mass is 10.1. The molecule has 0 saturated carbocycles. The van der Waals surface area contributed by atoms with E-state index >= 15 is 0 Å². The molecule has 0 amide bonds. The van der Waals surface area contributed by atoms with Crippen molar-refractivity contribution in [3.05, 3.63) is 23.2 Å². The number of anilines is 1. The predicted octanol–water partition coefficient (Wildman–Crippen LogP) is 1.72. The molecule has 1 aliphatic heterocycles. The normalized spacial score (nSPS) is 20.4. The number of ether oxygens (including phenoxy) is 1. The first-order chi connectivity index (χ1) is 8.72. The molecule has 0 bridgehead atoms. The van der Waals surface area contributed by atoms with Crippen molar-refractivity contribution in [3.8, 4) is 0 Å². The first kappa shape index (κ1) is 14.6. The second kappa shape index (κ2) is 4.94. The highest BCUT2D eigenvalue weighted by atomic mass is 35.5. The Morgan fingerprint density at radius 3 is 2.68 bits per heavy atom. The van der Waals surface area contributed by atoms with Crippen LogP contribution >= 0.6 is 11.6 Å². The standard InChI is InChI=1S/C12H17ClN2O3S/c1-12(2)8-15(5-6-18-12)19(16,17)9-3-4-11(14)10(13)7-9/h3-4,7H,5-6,8,14H2,1-2H3. The first-order valence-electron chi connectivity index (χ1n) is 5.91. The molecule has 1 aromatic carbocycles. The zero-order chi connectivity index (χ0) is 14.3. The lowest BCUT2D eigenvalue weighted by molar-refractivity contribution is -0.0640. The molecule has 0 aromatic heterocycles. The van der Waals surface area contributed by atoms with E-state index in [-0.39, 0.29) is 9.92 Å². The SMILES string of the molecule is CC1(C)CN(S(=O)(=O)c2ccc(N)c(Cl)c2)CCO1. The van der Waals surface area contributed by atoms with Crippen molar-refractivity contribution in [2.24, 2.45) is 0 Å². The number of nitrogens with two attached hydrogens (primary N) is 1. The van der Waals surface area contributed by atoms with E-state index in [1.54, 1.807) is 0 Å². The molecule has 0 radical (unpaired) electrons. The molecule has 0 aliphatic carbocycles. The average molecular weight is 305 g/mol. The van der Waals surface area contributed by atoms with E-state index < -0.39 is 15.6 Å². The van der Waals surface area contributed by atoms with Gasteiger partial charge >= 0.3 is 0 Å². The topological polar surface area (TPSA) is 72.6 Å². The summed E-state index contributed by atoms with van der Waals surface area (Å²) < 4.78 is 32.0. The largest absolute Gasteiger partial charge is 0.398 e. The molecule has 7 heteroatoms. The number of nitrogen functional groups attached to an aromatic ring is 1. The molecule has 106 valence electrons. The Bertz CT molecular complexity index is 587. The molecule has 1 heterocycles. The number of nitrogens with zero attached hydrogens (tertiary/aromatic N) is 1. The van der Waals surface area contributed by atoms with E-state index in [1.807, 2.05) is 13.8 Å². The fraction of sp³-hybridized carbons (Fsp3) is 0.500. The quantitative estimate of drug-likeness (QED) is 0.844. The molecule has 19 heavy (non-hydrogen) atoms. The molecule has 2 rings (SSSR count). The summed E-state index contributed by atoms with van der Waals surface area (Å²) in [7, 11) is -3.56. The summed E-state index contributed by atoms with van der Waals surface area (Å²) in [5, 5.41) is 0.244. The van der Waals surface area contributed by atoms with Crippen molar-refractivity contribution in [2.75, 3.05) is 25.4 Å².